The highest BCUT2D eigenvalue weighted by Crippen LogP contribution is 2.46. The van der Waals surface area contributed by atoms with E-state index in [2.05, 4.69) is 4.98 Å². The SMILES string of the molecule is O=C(Cc1ccccc1)N1CC2(CC(Oc3cccnc3)CS2)C1.O=C(O)C(F)(F)F. The van der Waals surface area contributed by atoms with Gasteiger partial charge in [0.15, 0.2) is 0 Å². The summed E-state index contributed by atoms with van der Waals surface area (Å²) < 4.78 is 37.9. The van der Waals surface area contributed by atoms with E-state index in [4.69, 9.17) is 14.6 Å². The van der Waals surface area contributed by atoms with Crippen LogP contribution in [0.3, 0.4) is 0 Å². The van der Waals surface area contributed by atoms with E-state index in [1.165, 1.54) is 0 Å². The van der Waals surface area contributed by atoms with Gasteiger partial charge >= 0.3 is 12.1 Å². The maximum absolute atomic E-state index is 12.4. The van der Waals surface area contributed by atoms with Gasteiger partial charge in [-0.15, -0.1) is 11.8 Å². The molecule has 1 aromatic carbocycles. The van der Waals surface area contributed by atoms with Gasteiger partial charge in [0.2, 0.25) is 5.91 Å². The first-order chi connectivity index (χ1) is 14.7. The van der Waals surface area contributed by atoms with Crippen LogP contribution in [0.15, 0.2) is 54.9 Å². The summed E-state index contributed by atoms with van der Waals surface area (Å²) in [6.07, 6.45) is 0.135. The van der Waals surface area contributed by atoms with Gasteiger partial charge in [0.1, 0.15) is 11.9 Å². The largest absolute Gasteiger partial charge is 0.490 e. The molecule has 4 rings (SSSR count). The van der Waals surface area contributed by atoms with Crippen LogP contribution in [0, 0.1) is 0 Å². The lowest BCUT2D eigenvalue weighted by molar-refractivity contribution is -0.192. The molecule has 2 aliphatic heterocycles. The van der Waals surface area contributed by atoms with Crippen molar-refractivity contribution in [2.45, 2.75) is 29.9 Å². The number of pyridine rings is 1. The van der Waals surface area contributed by atoms with Gasteiger partial charge in [-0.2, -0.15) is 13.2 Å². The number of carbonyl (C=O) groups is 2. The Bertz CT molecular complexity index is 891. The summed E-state index contributed by atoms with van der Waals surface area (Å²) in [5, 5.41) is 7.12. The number of rotatable bonds is 4. The number of ether oxygens (including phenoxy) is 1. The van der Waals surface area contributed by atoms with Crippen molar-refractivity contribution in [1.82, 2.24) is 9.88 Å². The molecule has 1 aromatic heterocycles. The van der Waals surface area contributed by atoms with Gasteiger partial charge in [0.05, 0.1) is 17.4 Å². The highest BCUT2D eigenvalue weighted by molar-refractivity contribution is 8.01. The van der Waals surface area contributed by atoms with Gasteiger partial charge in [0.25, 0.3) is 0 Å². The smallest absolute Gasteiger partial charge is 0.488 e. The summed E-state index contributed by atoms with van der Waals surface area (Å²) in [5.41, 5.74) is 1.08. The van der Waals surface area contributed by atoms with Crippen molar-refractivity contribution in [2.24, 2.45) is 0 Å². The van der Waals surface area contributed by atoms with Crippen LogP contribution in [-0.4, -0.2) is 62.7 Å². The number of likely N-dealkylation sites (tertiary alicyclic amines) is 1. The molecule has 0 aliphatic carbocycles. The lowest BCUT2D eigenvalue weighted by atomic mass is 9.92. The van der Waals surface area contributed by atoms with Crippen molar-refractivity contribution >= 4 is 23.6 Å². The standard InChI is InChI=1S/C19H20N2O2S.C2HF3O2/c22-18(9-15-5-2-1-3-6-15)21-13-19(14-21)10-17(12-24-19)23-16-7-4-8-20-11-16;3-2(4,5)1(6)7/h1-8,11,17H,9-10,12-14H2;(H,6,7). The third kappa shape index (κ3) is 6.36. The molecule has 0 radical (unpaired) electrons. The van der Waals surface area contributed by atoms with Gasteiger partial charge in [0, 0.05) is 31.5 Å². The average molecular weight is 454 g/mol. The molecule has 0 bridgehead atoms. The Morgan fingerprint density at radius 2 is 1.87 bits per heavy atom. The van der Waals surface area contributed by atoms with Crippen molar-refractivity contribution in [2.75, 3.05) is 18.8 Å². The Hall–Kier alpha value is -2.75. The van der Waals surface area contributed by atoms with Crippen LogP contribution in [0.1, 0.15) is 12.0 Å². The minimum atomic E-state index is -5.08. The zero-order valence-electron chi connectivity index (χ0n) is 16.4. The molecule has 1 atom stereocenters. The Labute approximate surface area is 181 Å². The van der Waals surface area contributed by atoms with Gasteiger partial charge in [-0.3, -0.25) is 9.78 Å². The fourth-order valence-electron chi connectivity index (χ4n) is 3.42. The quantitative estimate of drug-likeness (QED) is 0.763. The van der Waals surface area contributed by atoms with Crippen LogP contribution in [0.25, 0.3) is 0 Å². The minimum Gasteiger partial charge on any atom is -0.488 e. The number of carbonyl (C=O) groups excluding carboxylic acids is 1. The fraction of sp³-hybridized carbons (Fsp3) is 0.381. The Balaban J connectivity index is 0.000000339. The molecule has 166 valence electrons. The van der Waals surface area contributed by atoms with Gasteiger partial charge in [-0.25, -0.2) is 4.79 Å². The van der Waals surface area contributed by atoms with Crippen molar-refractivity contribution in [1.29, 1.82) is 0 Å². The second kappa shape index (κ2) is 9.59. The second-order valence-electron chi connectivity index (χ2n) is 7.34. The number of amides is 1. The molecule has 2 aromatic rings. The molecular weight excluding hydrogens is 433 g/mol. The normalized spacial score (nSPS) is 19.2. The van der Waals surface area contributed by atoms with Gasteiger partial charge in [-0.1, -0.05) is 30.3 Å². The summed E-state index contributed by atoms with van der Waals surface area (Å²) in [4.78, 5) is 27.3. The number of carboxylic acids is 1. The third-order valence-electron chi connectivity index (χ3n) is 4.86. The van der Waals surface area contributed by atoms with E-state index in [9.17, 15) is 18.0 Å². The van der Waals surface area contributed by atoms with Gasteiger partial charge in [-0.05, 0) is 17.7 Å². The number of hydrogen-bond donors (Lipinski definition) is 1. The number of halogens is 3. The summed E-state index contributed by atoms with van der Waals surface area (Å²) in [6, 6.07) is 13.8. The lowest BCUT2D eigenvalue weighted by Gasteiger charge is -2.47. The second-order valence-corrected chi connectivity index (χ2v) is 8.83. The number of carboxylic acid groups (broad SMARTS) is 1. The molecule has 1 amide bonds. The molecule has 1 N–H and O–H groups in total. The monoisotopic (exact) mass is 454 g/mol. The van der Waals surface area contributed by atoms with Crippen LogP contribution in [0.4, 0.5) is 13.2 Å². The highest BCUT2D eigenvalue weighted by atomic mass is 32.2. The predicted octanol–water partition coefficient (Wildman–Crippen LogP) is 3.42. The Morgan fingerprint density at radius 3 is 2.45 bits per heavy atom. The molecule has 10 heteroatoms. The lowest BCUT2D eigenvalue weighted by Crippen LogP contribution is -2.61. The zero-order chi connectivity index (χ0) is 22.5. The molecule has 1 spiro atoms. The predicted molar refractivity (Wildman–Crippen MR) is 109 cm³/mol. The van der Waals surface area contributed by atoms with Crippen molar-refractivity contribution in [3.05, 3.63) is 60.4 Å². The molecule has 2 saturated heterocycles. The maximum atomic E-state index is 12.4. The minimum absolute atomic E-state index is 0.194. The van der Waals surface area contributed by atoms with E-state index >= 15 is 0 Å². The molecular formula is C21H21F3N2O4S. The van der Waals surface area contributed by atoms with Crippen LogP contribution in [0.5, 0.6) is 5.75 Å². The number of alkyl halides is 3. The van der Waals surface area contributed by atoms with Crippen molar-refractivity contribution in [3.8, 4) is 5.75 Å². The third-order valence-corrected chi connectivity index (χ3v) is 6.44. The van der Waals surface area contributed by atoms with E-state index in [0.29, 0.717) is 6.42 Å². The number of nitrogens with zero attached hydrogens (tertiary/aromatic N) is 2. The summed E-state index contributed by atoms with van der Waals surface area (Å²) in [7, 11) is 0. The number of hydrogen-bond acceptors (Lipinski definition) is 5. The van der Waals surface area contributed by atoms with E-state index in [1.54, 1.807) is 12.4 Å². The summed E-state index contributed by atoms with van der Waals surface area (Å²) in [5.74, 6) is -0.719. The Morgan fingerprint density at radius 1 is 1.19 bits per heavy atom. The number of benzene rings is 1. The molecule has 31 heavy (non-hydrogen) atoms. The first-order valence-electron chi connectivity index (χ1n) is 9.49. The van der Waals surface area contributed by atoms with Crippen LogP contribution >= 0.6 is 11.8 Å². The highest BCUT2D eigenvalue weighted by Gasteiger charge is 2.51. The summed E-state index contributed by atoms with van der Waals surface area (Å²) >= 11 is 1.95. The van der Waals surface area contributed by atoms with E-state index < -0.39 is 12.1 Å². The van der Waals surface area contributed by atoms with Crippen LogP contribution in [0.2, 0.25) is 0 Å². The van der Waals surface area contributed by atoms with Crippen molar-refractivity contribution in [3.63, 3.8) is 0 Å². The molecule has 2 fully saturated rings. The van der Waals surface area contributed by atoms with E-state index in [0.717, 1.165) is 36.6 Å². The average Bonchev–Trinajstić information content (AvgIpc) is 3.12. The molecule has 0 saturated carbocycles. The number of aromatic nitrogens is 1. The topological polar surface area (TPSA) is 79.7 Å². The molecule has 1 unspecified atom stereocenters. The van der Waals surface area contributed by atoms with Crippen LogP contribution in [-0.2, 0) is 16.0 Å². The molecule has 2 aliphatic rings. The fourth-order valence-corrected chi connectivity index (χ4v) is 4.94. The first kappa shape index (κ1) is 22.9. The zero-order valence-corrected chi connectivity index (χ0v) is 17.2. The Kier molecular flexibility index (Phi) is 7.09. The van der Waals surface area contributed by atoms with Crippen LogP contribution < -0.4 is 4.74 Å². The van der Waals surface area contributed by atoms with E-state index in [-0.39, 0.29) is 16.8 Å². The number of aliphatic carboxylic acids is 1. The molecule has 6 nitrogen and oxygen atoms in total. The van der Waals surface area contributed by atoms with Gasteiger partial charge < -0.3 is 14.7 Å². The van der Waals surface area contributed by atoms with E-state index in [1.807, 2.05) is 59.1 Å². The first-order valence-corrected chi connectivity index (χ1v) is 10.5. The maximum Gasteiger partial charge on any atom is 0.490 e. The summed E-state index contributed by atoms with van der Waals surface area (Å²) in [6.45, 7) is 1.69. The van der Waals surface area contributed by atoms with Crippen molar-refractivity contribution < 1.29 is 32.6 Å². The number of thioether (sulfide) groups is 1. The molecule has 3 heterocycles.